The van der Waals surface area contributed by atoms with E-state index in [4.69, 9.17) is 0 Å². The van der Waals surface area contributed by atoms with E-state index in [1.54, 1.807) is 0 Å². The molecular weight excluding hydrogens is 248 g/mol. The van der Waals surface area contributed by atoms with Gasteiger partial charge in [0.1, 0.15) is 11.6 Å². The fraction of sp³-hybridized carbons (Fsp3) is 0.556. The van der Waals surface area contributed by atoms with Gasteiger partial charge in [-0.15, -0.1) is 0 Å². The molecule has 0 radical (unpaired) electrons. The highest BCUT2D eigenvalue weighted by Crippen LogP contribution is 2.22. The number of hydrogen-bond acceptors (Lipinski definition) is 2. The van der Waals surface area contributed by atoms with Crippen LogP contribution in [0.15, 0.2) is 30.3 Å². The molecule has 1 atom stereocenters. The van der Waals surface area contributed by atoms with E-state index in [0.29, 0.717) is 6.42 Å². The molecule has 2 rings (SSSR count). The van der Waals surface area contributed by atoms with Gasteiger partial charge in [-0.3, -0.25) is 9.59 Å². The normalized spacial score (nSPS) is 17.5. The van der Waals surface area contributed by atoms with Crippen molar-refractivity contribution in [3.63, 3.8) is 0 Å². The number of Topliss-reactive ketones (excluding diaryl/α,β-unsaturated/α-hetero) is 2. The maximum absolute atomic E-state index is 11.6. The van der Waals surface area contributed by atoms with Gasteiger partial charge in [0.25, 0.3) is 0 Å². The van der Waals surface area contributed by atoms with Crippen LogP contribution >= 0.6 is 0 Å². The molecule has 0 heterocycles. The molecule has 1 aromatic rings. The van der Waals surface area contributed by atoms with Crippen molar-refractivity contribution in [1.29, 1.82) is 0 Å². The molecule has 2 heteroatoms. The van der Waals surface area contributed by atoms with E-state index in [9.17, 15) is 9.59 Å². The van der Waals surface area contributed by atoms with Crippen LogP contribution in [-0.2, 0) is 16.0 Å². The van der Waals surface area contributed by atoms with E-state index in [2.05, 4.69) is 13.8 Å². The van der Waals surface area contributed by atoms with E-state index in [1.807, 2.05) is 44.2 Å². The lowest BCUT2D eigenvalue weighted by Gasteiger charge is -2.19. The van der Waals surface area contributed by atoms with Crippen molar-refractivity contribution < 1.29 is 9.59 Å². The number of ketones is 2. The van der Waals surface area contributed by atoms with Crippen molar-refractivity contribution in [2.24, 2.45) is 5.92 Å². The smallest absolute Gasteiger partial charge is 0.143 e. The Bertz CT molecular complexity index is 382. The van der Waals surface area contributed by atoms with Gasteiger partial charge < -0.3 is 0 Å². The molecule has 0 bridgehead atoms. The second-order valence-electron chi connectivity index (χ2n) is 4.81. The quantitative estimate of drug-likeness (QED) is 0.739. The first-order valence-corrected chi connectivity index (χ1v) is 7.75. The monoisotopic (exact) mass is 276 g/mol. The van der Waals surface area contributed by atoms with Crippen molar-refractivity contribution >= 4 is 11.6 Å². The summed E-state index contributed by atoms with van der Waals surface area (Å²) in [5.41, 5.74) is 1.19. The number of carbonyl (C=O) groups is 2. The minimum atomic E-state index is 0.0603. The molecule has 0 spiro atoms. The summed E-state index contributed by atoms with van der Waals surface area (Å²) >= 11 is 0. The Morgan fingerprint density at radius 1 is 1.05 bits per heavy atom. The number of benzene rings is 1. The molecule has 112 valence electrons. The number of carbonyl (C=O) groups excluding carboxylic acids is 2. The predicted octanol–water partition coefficient (Wildman–Crippen LogP) is 4.61. The third-order valence-electron chi connectivity index (χ3n) is 2.92. The standard InChI is InChI=1S/C13H14O2.C3H8.C2H6/c14-12-7-6-11(13(15)9-12)8-10-4-2-1-3-5-10;1-3-2;1-2/h1-5,11H,6-9H2;3H2,1-2H3;1-2H3. The molecule has 0 amide bonds. The van der Waals surface area contributed by atoms with Crippen molar-refractivity contribution in [3.8, 4) is 0 Å². The second kappa shape index (κ2) is 11.4. The first kappa shape index (κ1) is 18.6. The summed E-state index contributed by atoms with van der Waals surface area (Å²) in [5.74, 6) is 0.282. The Balaban J connectivity index is 0.000000641. The number of rotatable bonds is 2. The van der Waals surface area contributed by atoms with Gasteiger partial charge in [-0.1, -0.05) is 64.4 Å². The van der Waals surface area contributed by atoms with Crippen LogP contribution in [0.5, 0.6) is 0 Å². The van der Waals surface area contributed by atoms with E-state index >= 15 is 0 Å². The fourth-order valence-electron chi connectivity index (χ4n) is 2.04. The van der Waals surface area contributed by atoms with Gasteiger partial charge in [-0.05, 0) is 18.4 Å². The molecule has 0 N–H and O–H groups in total. The van der Waals surface area contributed by atoms with Crippen LogP contribution in [0.2, 0.25) is 0 Å². The van der Waals surface area contributed by atoms with Gasteiger partial charge in [0, 0.05) is 12.3 Å². The van der Waals surface area contributed by atoms with Gasteiger partial charge in [0.15, 0.2) is 0 Å². The molecule has 1 fully saturated rings. The highest BCUT2D eigenvalue weighted by molar-refractivity contribution is 6.02. The van der Waals surface area contributed by atoms with Crippen LogP contribution in [0.3, 0.4) is 0 Å². The Morgan fingerprint density at radius 2 is 1.60 bits per heavy atom. The van der Waals surface area contributed by atoms with Crippen LogP contribution in [0.25, 0.3) is 0 Å². The average molecular weight is 276 g/mol. The molecule has 1 unspecified atom stereocenters. The molecule has 0 saturated heterocycles. The number of hydrogen-bond donors (Lipinski definition) is 0. The van der Waals surface area contributed by atoms with Crippen molar-refractivity contribution in [2.45, 2.75) is 59.8 Å². The Labute approximate surface area is 123 Å². The lowest BCUT2D eigenvalue weighted by molar-refractivity contribution is -0.132. The molecule has 1 aliphatic rings. The van der Waals surface area contributed by atoms with Gasteiger partial charge in [0.05, 0.1) is 6.42 Å². The zero-order valence-corrected chi connectivity index (χ0v) is 13.3. The highest BCUT2D eigenvalue weighted by atomic mass is 16.1. The van der Waals surface area contributed by atoms with Crippen molar-refractivity contribution in [2.75, 3.05) is 0 Å². The van der Waals surface area contributed by atoms with Gasteiger partial charge in [-0.2, -0.15) is 0 Å². The molecule has 2 nitrogen and oxygen atoms in total. The summed E-state index contributed by atoms with van der Waals surface area (Å²) in [6.45, 7) is 8.25. The van der Waals surface area contributed by atoms with E-state index in [-0.39, 0.29) is 23.9 Å². The van der Waals surface area contributed by atoms with Crippen LogP contribution < -0.4 is 0 Å². The lowest BCUT2D eigenvalue weighted by atomic mass is 9.83. The molecular formula is C18H28O2. The lowest BCUT2D eigenvalue weighted by Crippen LogP contribution is -2.26. The Kier molecular flexibility index (Phi) is 10.6. The van der Waals surface area contributed by atoms with Gasteiger partial charge in [-0.25, -0.2) is 0 Å². The summed E-state index contributed by atoms with van der Waals surface area (Å²) in [6.07, 6.45) is 3.49. The SMILES string of the molecule is CC.CCC.O=C1CCC(Cc2ccccc2)C(=O)C1. The molecule has 0 aromatic heterocycles. The summed E-state index contributed by atoms with van der Waals surface area (Å²) in [4.78, 5) is 22.6. The Hall–Kier alpha value is -1.44. The van der Waals surface area contributed by atoms with Crippen LogP contribution in [-0.4, -0.2) is 11.6 Å². The highest BCUT2D eigenvalue weighted by Gasteiger charge is 2.26. The van der Waals surface area contributed by atoms with Crippen LogP contribution in [0.4, 0.5) is 0 Å². The Morgan fingerprint density at radius 3 is 2.10 bits per heavy atom. The van der Waals surface area contributed by atoms with Gasteiger partial charge in [0.2, 0.25) is 0 Å². The average Bonchev–Trinajstić information content (AvgIpc) is 2.46. The maximum Gasteiger partial charge on any atom is 0.143 e. The topological polar surface area (TPSA) is 34.1 Å². The molecule has 1 saturated carbocycles. The van der Waals surface area contributed by atoms with Gasteiger partial charge >= 0.3 is 0 Å². The molecule has 1 aromatic carbocycles. The summed E-state index contributed by atoms with van der Waals surface area (Å²) in [7, 11) is 0. The van der Waals surface area contributed by atoms with E-state index < -0.39 is 0 Å². The summed E-state index contributed by atoms with van der Waals surface area (Å²) in [5, 5.41) is 0. The third kappa shape index (κ3) is 7.22. The molecule has 20 heavy (non-hydrogen) atoms. The zero-order valence-electron chi connectivity index (χ0n) is 13.3. The third-order valence-corrected chi connectivity index (χ3v) is 2.92. The van der Waals surface area contributed by atoms with Crippen LogP contribution in [0.1, 0.15) is 58.9 Å². The minimum absolute atomic E-state index is 0.0603. The summed E-state index contributed by atoms with van der Waals surface area (Å²) in [6, 6.07) is 9.99. The van der Waals surface area contributed by atoms with Crippen LogP contribution in [0, 0.1) is 5.92 Å². The maximum atomic E-state index is 11.6. The predicted molar refractivity (Wildman–Crippen MR) is 84.8 cm³/mol. The van der Waals surface area contributed by atoms with Crippen molar-refractivity contribution in [1.82, 2.24) is 0 Å². The van der Waals surface area contributed by atoms with E-state index in [1.165, 1.54) is 12.0 Å². The summed E-state index contributed by atoms with van der Waals surface area (Å²) < 4.78 is 0. The largest absolute Gasteiger partial charge is 0.299 e. The molecule has 1 aliphatic carbocycles. The minimum Gasteiger partial charge on any atom is -0.299 e. The van der Waals surface area contributed by atoms with Crippen molar-refractivity contribution in [3.05, 3.63) is 35.9 Å². The molecule has 0 aliphatic heterocycles. The zero-order chi connectivity index (χ0) is 15.4. The fourth-order valence-corrected chi connectivity index (χ4v) is 2.04. The second-order valence-corrected chi connectivity index (χ2v) is 4.81. The first-order chi connectivity index (χ1) is 9.67. The van der Waals surface area contributed by atoms with E-state index in [0.717, 1.165) is 12.8 Å². The first-order valence-electron chi connectivity index (χ1n) is 7.75.